The highest BCUT2D eigenvalue weighted by atomic mass is 32.2. The van der Waals surface area contributed by atoms with Crippen LogP contribution in [0.3, 0.4) is 0 Å². The summed E-state index contributed by atoms with van der Waals surface area (Å²) in [5.41, 5.74) is 15.2. The second-order valence-corrected chi connectivity index (χ2v) is 25.4. The van der Waals surface area contributed by atoms with Crippen LogP contribution in [0.15, 0.2) is 69.3 Å². The van der Waals surface area contributed by atoms with Gasteiger partial charge in [-0.3, -0.25) is 0 Å². The Morgan fingerprint density at radius 2 is 1.03 bits per heavy atom. The Morgan fingerprint density at radius 3 is 1.42 bits per heavy atom. The van der Waals surface area contributed by atoms with Crippen LogP contribution in [0.4, 0.5) is 0 Å². The van der Waals surface area contributed by atoms with E-state index in [1.165, 1.54) is 24.0 Å². The molecule has 2 aromatic heterocycles. The summed E-state index contributed by atoms with van der Waals surface area (Å²) >= 11 is 4.13. The molecule has 10 rings (SSSR count). The fraction of sp³-hybridized carbons (Fsp3) is 0.741. The summed E-state index contributed by atoms with van der Waals surface area (Å²) in [6, 6.07) is 4.21. The van der Waals surface area contributed by atoms with Crippen molar-refractivity contribution in [2.75, 3.05) is 24.6 Å². The van der Waals surface area contributed by atoms with E-state index in [0.717, 1.165) is 127 Å². The van der Waals surface area contributed by atoms with Gasteiger partial charge < -0.3 is 29.8 Å². The van der Waals surface area contributed by atoms with Crippen molar-refractivity contribution < 1.29 is 27.9 Å². The number of ether oxygens (including phenoxy) is 2. The van der Waals surface area contributed by atoms with Crippen LogP contribution >= 0.6 is 23.5 Å². The number of carbonyl (C=O) groups is 2. The van der Waals surface area contributed by atoms with E-state index in [0.29, 0.717) is 22.3 Å². The third kappa shape index (κ3) is 6.95. The average Bonchev–Trinajstić information content (AvgIpc) is 4.11. The van der Waals surface area contributed by atoms with Crippen LogP contribution in [0, 0.1) is 45.3 Å². The molecule has 6 fully saturated rings. The molecule has 0 amide bonds. The van der Waals surface area contributed by atoms with Gasteiger partial charge in [0.05, 0.1) is 25.1 Å². The van der Waals surface area contributed by atoms with Crippen molar-refractivity contribution in [1.82, 2.24) is 0 Å². The van der Waals surface area contributed by atoms with Gasteiger partial charge in [-0.05, 0) is 198 Å². The lowest BCUT2D eigenvalue weighted by molar-refractivity contribution is -0.233. The topological polar surface area (TPSA) is 131 Å². The minimum absolute atomic E-state index is 0.0549. The lowest BCUT2D eigenvalue weighted by Gasteiger charge is -2.63. The zero-order valence-electron chi connectivity index (χ0n) is 39.2. The number of furan rings is 2. The number of nitrogens with two attached hydrogens (primary N) is 2. The summed E-state index contributed by atoms with van der Waals surface area (Å²) in [6.07, 6.45) is 30.7. The summed E-state index contributed by atoms with van der Waals surface area (Å²) in [5.74, 6) is 2.13. The Hall–Kier alpha value is -2.40. The molecule has 4 unspecified atom stereocenters. The number of rotatable bonds is 12. The van der Waals surface area contributed by atoms with Crippen molar-refractivity contribution in [1.29, 1.82) is 0 Å². The van der Waals surface area contributed by atoms with Crippen molar-refractivity contribution in [3.8, 4) is 0 Å². The molecule has 0 spiro atoms. The second-order valence-electron chi connectivity index (χ2n) is 22.7. The van der Waals surface area contributed by atoms with Crippen LogP contribution < -0.4 is 11.5 Å². The molecular weight excluding hydrogens is 837 g/mol. The molecule has 64 heavy (non-hydrogen) atoms. The Balaban J connectivity index is 0.965. The molecule has 10 heteroatoms. The molecule has 14 atom stereocenters. The summed E-state index contributed by atoms with van der Waals surface area (Å²) in [5, 5.41) is 1.09. The number of allylic oxidation sites excluding steroid dienone is 2. The van der Waals surface area contributed by atoms with Gasteiger partial charge in [-0.2, -0.15) is 23.5 Å². The third-order valence-corrected chi connectivity index (χ3v) is 23.0. The van der Waals surface area contributed by atoms with E-state index in [1.54, 1.807) is 23.7 Å². The molecular formula is C54H76N2O6S2. The smallest absolute Gasteiger partial charge is 0.418 e. The van der Waals surface area contributed by atoms with Crippen molar-refractivity contribution in [2.45, 2.75) is 177 Å². The summed E-state index contributed by atoms with van der Waals surface area (Å²) in [7, 11) is 0. The van der Waals surface area contributed by atoms with Crippen LogP contribution in [0.25, 0.3) is 0 Å². The molecule has 0 saturated heterocycles. The van der Waals surface area contributed by atoms with E-state index < -0.39 is 23.1 Å². The minimum atomic E-state index is -0.779. The highest BCUT2D eigenvalue weighted by molar-refractivity contribution is 8.00. The fourth-order valence-electron chi connectivity index (χ4n) is 17.1. The number of carbonyl (C=O) groups excluding carboxylic acids is 2. The summed E-state index contributed by atoms with van der Waals surface area (Å²) in [4.78, 5) is 30.4. The lowest BCUT2D eigenvalue weighted by Crippen LogP contribution is -2.64. The molecule has 0 aliphatic heterocycles. The quantitative estimate of drug-likeness (QED) is 0.0918. The van der Waals surface area contributed by atoms with Gasteiger partial charge in [0.1, 0.15) is 11.2 Å². The van der Waals surface area contributed by atoms with Gasteiger partial charge in [0.2, 0.25) is 0 Å². The van der Waals surface area contributed by atoms with Gasteiger partial charge in [-0.15, -0.1) is 0 Å². The van der Waals surface area contributed by atoms with Gasteiger partial charge in [-0.1, -0.05) is 51.0 Å². The first-order valence-electron chi connectivity index (χ1n) is 25.4. The van der Waals surface area contributed by atoms with Crippen molar-refractivity contribution in [3.05, 3.63) is 71.6 Å². The highest BCUT2D eigenvalue weighted by Crippen LogP contribution is 2.73. The first-order valence-corrected chi connectivity index (χ1v) is 27.5. The summed E-state index contributed by atoms with van der Waals surface area (Å²) in [6.45, 7) is 11.3. The molecule has 8 nitrogen and oxygen atoms in total. The van der Waals surface area contributed by atoms with Crippen LogP contribution in [-0.4, -0.2) is 58.2 Å². The van der Waals surface area contributed by atoms with Gasteiger partial charge in [-0.25, -0.2) is 9.59 Å². The monoisotopic (exact) mass is 913 g/mol. The van der Waals surface area contributed by atoms with Gasteiger partial charge in [0.15, 0.2) is 0 Å². The molecule has 2 heterocycles. The lowest BCUT2D eigenvalue weighted by atomic mass is 9.45. The van der Waals surface area contributed by atoms with Crippen LogP contribution in [-0.2, 0) is 19.1 Å². The molecule has 4 N–H and O–H groups in total. The Bertz CT molecular complexity index is 1940. The molecule has 2 aromatic rings. The van der Waals surface area contributed by atoms with E-state index in [1.807, 2.05) is 12.5 Å². The van der Waals surface area contributed by atoms with Gasteiger partial charge in [0.25, 0.3) is 0 Å². The molecule has 0 radical (unpaired) electrons. The number of hydrogen-bond donors (Lipinski definition) is 2. The molecule has 0 bridgehead atoms. The second kappa shape index (κ2) is 17.3. The van der Waals surface area contributed by atoms with E-state index in [4.69, 9.17) is 29.8 Å². The van der Waals surface area contributed by atoms with Crippen molar-refractivity contribution >= 4 is 35.5 Å². The fourth-order valence-corrected chi connectivity index (χ4v) is 19.4. The van der Waals surface area contributed by atoms with Crippen LogP contribution in [0.2, 0.25) is 0 Å². The van der Waals surface area contributed by atoms with Crippen molar-refractivity contribution in [2.24, 2.45) is 56.8 Å². The number of thioether (sulfide) groups is 2. The maximum atomic E-state index is 15.2. The zero-order chi connectivity index (χ0) is 44.5. The molecule has 0 aromatic carbocycles. The first kappa shape index (κ1) is 45.4. The SMILES string of the molecule is C[C@]12CCC(SCCCN)C=C1CC[C@@H]1[C@H]2CC[C@]2(C)C(c3ccoc3)CC[C@@]12OC(=O)C(=O)O[C@@]12CCC(c3ccoc3)[C@@]1(C)CC[C@@H]1[C@H]2CCC2=CC(SCCCN)CC[C@@]21C. The Morgan fingerprint density at radius 1 is 0.594 bits per heavy atom. The van der Waals surface area contributed by atoms with Gasteiger partial charge >= 0.3 is 11.9 Å². The predicted molar refractivity (Wildman–Crippen MR) is 257 cm³/mol. The summed E-state index contributed by atoms with van der Waals surface area (Å²) < 4.78 is 25.8. The van der Waals surface area contributed by atoms with Gasteiger partial charge in [0, 0.05) is 33.2 Å². The standard InChI is InChI=1S/C54H76N2O6S2/c1-49-19-11-39(63-29-5-25-55)31-37(49)7-9-45-43(49)13-21-51(3)41(35-17-27-59-33-35)15-23-53(45,51)61-47(57)48(58)62-54-24-16-42(36-18-28-60-34-36)52(54,4)22-14-44-46(54)10-8-38-32-40(64-30-6-26-56)12-20-50(38,44)2/h17-18,27-28,31-34,39-46H,5-16,19-26,29-30,55-56H2,1-4H3/t39?,40?,41?,42?,43-,44-,45-,46-,49+,50+,51-,52-,53-,54-/m1/s1. The van der Waals surface area contributed by atoms with E-state index in [-0.39, 0.29) is 45.3 Å². The maximum absolute atomic E-state index is 15.2. The minimum Gasteiger partial charge on any atom is -0.472 e. The van der Waals surface area contributed by atoms with E-state index >= 15 is 9.59 Å². The maximum Gasteiger partial charge on any atom is 0.418 e. The van der Waals surface area contributed by atoms with Crippen LogP contribution in [0.5, 0.6) is 0 Å². The van der Waals surface area contributed by atoms with E-state index in [2.05, 4.69) is 75.5 Å². The van der Waals surface area contributed by atoms with Crippen molar-refractivity contribution in [3.63, 3.8) is 0 Å². The van der Waals surface area contributed by atoms with Crippen LogP contribution in [0.1, 0.15) is 166 Å². The largest absolute Gasteiger partial charge is 0.472 e. The van der Waals surface area contributed by atoms with E-state index in [9.17, 15) is 0 Å². The molecule has 8 aliphatic carbocycles. The Kier molecular flexibility index (Phi) is 12.3. The Labute approximate surface area is 391 Å². The first-order chi connectivity index (χ1) is 30.9. The average molecular weight is 913 g/mol. The third-order valence-electron chi connectivity index (χ3n) is 20.4. The molecule has 350 valence electrons. The number of hydrogen-bond acceptors (Lipinski definition) is 10. The highest BCUT2D eigenvalue weighted by Gasteiger charge is 2.72. The predicted octanol–water partition coefficient (Wildman–Crippen LogP) is 11.9. The normalized spacial score (nSPS) is 43.3. The molecule has 6 saturated carbocycles. The number of fused-ring (bicyclic) bond motifs is 10. The molecule has 8 aliphatic rings. The number of esters is 2. The zero-order valence-corrected chi connectivity index (χ0v) is 40.8.